The highest BCUT2D eigenvalue weighted by molar-refractivity contribution is 5.80. The quantitative estimate of drug-likeness (QED) is 0.601. The van der Waals surface area contributed by atoms with E-state index in [1.54, 1.807) is 7.05 Å². The predicted molar refractivity (Wildman–Crippen MR) is 47.9 cm³/mol. The topological polar surface area (TPSA) is 38.8 Å². The minimum atomic E-state index is -0.333. The molecule has 0 aromatic rings. The molecule has 0 saturated carbocycles. The smallest absolute Gasteiger partial charge is 0.274 e. The average Bonchev–Trinajstić information content (AvgIpc) is 2.43. The van der Waals surface area contributed by atoms with Gasteiger partial charge < -0.3 is 4.74 Å². The van der Waals surface area contributed by atoms with Gasteiger partial charge in [-0.05, 0) is 11.8 Å². The Kier molecular flexibility index (Phi) is 2.93. The molecule has 0 spiro atoms. The summed E-state index contributed by atoms with van der Waals surface area (Å²) in [6, 6.07) is 0. The first-order chi connectivity index (χ1) is 5.96. The van der Waals surface area contributed by atoms with Crippen molar-refractivity contribution in [3.8, 4) is 0 Å². The van der Waals surface area contributed by atoms with Gasteiger partial charge in [-0.2, -0.15) is 0 Å². The van der Waals surface area contributed by atoms with Crippen molar-refractivity contribution in [3.63, 3.8) is 0 Å². The zero-order valence-corrected chi connectivity index (χ0v) is 8.66. The SMILES string of the molecule is CON(C)C(=O)[C@H]1CC(C)(C)CO1. The van der Waals surface area contributed by atoms with Crippen molar-refractivity contribution in [2.75, 3.05) is 20.8 Å². The molecule has 76 valence electrons. The third-order valence-corrected chi connectivity index (χ3v) is 2.27. The van der Waals surface area contributed by atoms with E-state index >= 15 is 0 Å². The van der Waals surface area contributed by atoms with Crippen molar-refractivity contribution in [2.45, 2.75) is 26.4 Å². The largest absolute Gasteiger partial charge is 0.368 e. The summed E-state index contributed by atoms with van der Waals surface area (Å²) in [5.41, 5.74) is 0.106. The van der Waals surface area contributed by atoms with Gasteiger partial charge in [0.05, 0.1) is 13.7 Å². The van der Waals surface area contributed by atoms with E-state index in [-0.39, 0.29) is 17.4 Å². The number of rotatable bonds is 2. The maximum Gasteiger partial charge on any atom is 0.274 e. The zero-order chi connectivity index (χ0) is 10.1. The van der Waals surface area contributed by atoms with Crippen LogP contribution in [0.15, 0.2) is 0 Å². The molecule has 0 aromatic carbocycles. The molecule has 1 fully saturated rings. The molecule has 0 bridgehead atoms. The Hall–Kier alpha value is -0.610. The highest BCUT2D eigenvalue weighted by Crippen LogP contribution is 2.31. The highest BCUT2D eigenvalue weighted by atomic mass is 16.7. The number of ether oxygens (including phenoxy) is 1. The van der Waals surface area contributed by atoms with E-state index in [1.807, 2.05) is 0 Å². The van der Waals surface area contributed by atoms with Gasteiger partial charge in [-0.25, -0.2) is 5.06 Å². The molecule has 0 radical (unpaired) electrons. The fourth-order valence-corrected chi connectivity index (χ4v) is 1.40. The lowest BCUT2D eigenvalue weighted by Crippen LogP contribution is -2.35. The van der Waals surface area contributed by atoms with Crippen LogP contribution in [0.4, 0.5) is 0 Å². The molecule has 0 N–H and O–H groups in total. The summed E-state index contributed by atoms with van der Waals surface area (Å²) >= 11 is 0. The number of nitrogens with zero attached hydrogens (tertiary/aromatic N) is 1. The van der Waals surface area contributed by atoms with Crippen LogP contribution < -0.4 is 0 Å². The van der Waals surface area contributed by atoms with E-state index in [2.05, 4.69) is 13.8 Å². The van der Waals surface area contributed by atoms with E-state index in [9.17, 15) is 4.79 Å². The standard InChI is InChI=1S/C9H17NO3/c1-9(2)5-7(13-6-9)8(11)10(3)12-4/h7H,5-6H2,1-4H3/t7-/m1/s1. The molecule has 13 heavy (non-hydrogen) atoms. The molecule has 1 aliphatic rings. The molecule has 1 atom stereocenters. The van der Waals surface area contributed by atoms with Crippen LogP contribution in [0.5, 0.6) is 0 Å². The predicted octanol–water partition coefficient (Wildman–Crippen LogP) is 0.821. The minimum absolute atomic E-state index is 0.104. The van der Waals surface area contributed by atoms with Gasteiger partial charge in [0.25, 0.3) is 5.91 Å². The first-order valence-electron chi connectivity index (χ1n) is 4.39. The molecule has 1 rings (SSSR count). The maximum atomic E-state index is 11.5. The highest BCUT2D eigenvalue weighted by Gasteiger charge is 2.37. The fraction of sp³-hybridized carbons (Fsp3) is 0.889. The fourth-order valence-electron chi connectivity index (χ4n) is 1.40. The third kappa shape index (κ3) is 2.42. The van der Waals surface area contributed by atoms with Crippen molar-refractivity contribution in [3.05, 3.63) is 0 Å². The van der Waals surface area contributed by atoms with E-state index in [1.165, 1.54) is 12.2 Å². The Morgan fingerprint density at radius 1 is 1.62 bits per heavy atom. The number of likely N-dealkylation sites (N-methyl/N-ethyl adjacent to an activating group) is 1. The first kappa shape index (κ1) is 10.5. The molecular formula is C9H17NO3. The number of hydrogen-bond donors (Lipinski definition) is 0. The molecule has 1 amide bonds. The summed E-state index contributed by atoms with van der Waals surface area (Å²) < 4.78 is 5.38. The second-order valence-corrected chi connectivity index (χ2v) is 4.19. The maximum absolute atomic E-state index is 11.5. The monoisotopic (exact) mass is 187 g/mol. The van der Waals surface area contributed by atoms with Gasteiger partial charge in [0, 0.05) is 7.05 Å². The number of hydrogen-bond acceptors (Lipinski definition) is 3. The number of amides is 1. The Balaban J connectivity index is 2.51. The Morgan fingerprint density at radius 3 is 2.62 bits per heavy atom. The molecular weight excluding hydrogens is 170 g/mol. The van der Waals surface area contributed by atoms with Crippen molar-refractivity contribution in [1.82, 2.24) is 5.06 Å². The van der Waals surface area contributed by atoms with Crippen LogP contribution in [0, 0.1) is 5.41 Å². The summed E-state index contributed by atoms with van der Waals surface area (Å²) in [6.07, 6.45) is 0.430. The lowest BCUT2D eigenvalue weighted by molar-refractivity contribution is -0.178. The van der Waals surface area contributed by atoms with Crippen molar-refractivity contribution in [2.24, 2.45) is 5.41 Å². The number of carbonyl (C=O) groups excluding carboxylic acids is 1. The van der Waals surface area contributed by atoms with Gasteiger partial charge in [0.1, 0.15) is 6.10 Å². The molecule has 1 aliphatic heterocycles. The van der Waals surface area contributed by atoms with E-state index in [0.29, 0.717) is 6.61 Å². The third-order valence-electron chi connectivity index (χ3n) is 2.27. The Labute approximate surface area is 78.8 Å². The van der Waals surface area contributed by atoms with Crippen LogP contribution in [-0.4, -0.2) is 37.8 Å². The van der Waals surface area contributed by atoms with Crippen LogP contribution in [0.2, 0.25) is 0 Å². The molecule has 4 nitrogen and oxygen atoms in total. The van der Waals surface area contributed by atoms with Gasteiger partial charge in [0.2, 0.25) is 0 Å². The van der Waals surface area contributed by atoms with Crippen LogP contribution in [-0.2, 0) is 14.4 Å². The summed E-state index contributed by atoms with van der Waals surface area (Å²) in [5.74, 6) is -0.104. The summed E-state index contributed by atoms with van der Waals surface area (Å²) in [7, 11) is 3.06. The van der Waals surface area contributed by atoms with Crippen LogP contribution >= 0.6 is 0 Å². The molecule has 1 heterocycles. The lowest BCUT2D eigenvalue weighted by atomic mass is 9.90. The first-order valence-corrected chi connectivity index (χ1v) is 4.39. The summed E-state index contributed by atoms with van der Waals surface area (Å²) in [5, 5.41) is 1.21. The van der Waals surface area contributed by atoms with Crippen molar-refractivity contribution < 1.29 is 14.4 Å². The molecule has 1 saturated heterocycles. The van der Waals surface area contributed by atoms with Crippen LogP contribution in [0.1, 0.15) is 20.3 Å². The van der Waals surface area contributed by atoms with Crippen LogP contribution in [0.25, 0.3) is 0 Å². The molecule has 0 aromatic heterocycles. The van der Waals surface area contributed by atoms with E-state index in [0.717, 1.165) is 6.42 Å². The van der Waals surface area contributed by atoms with Crippen molar-refractivity contribution in [1.29, 1.82) is 0 Å². The summed E-state index contributed by atoms with van der Waals surface area (Å²) in [6.45, 7) is 4.82. The van der Waals surface area contributed by atoms with Crippen molar-refractivity contribution >= 4 is 5.91 Å². The Bertz CT molecular complexity index is 203. The number of carbonyl (C=O) groups is 1. The average molecular weight is 187 g/mol. The van der Waals surface area contributed by atoms with Gasteiger partial charge in [-0.1, -0.05) is 13.8 Å². The molecule has 0 unspecified atom stereocenters. The lowest BCUT2D eigenvalue weighted by Gasteiger charge is -2.18. The van der Waals surface area contributed by atoms with Gasteiger partial charge in [-0.15, -0.1) is 0 Å². The summed E-state index contributed by atoms with van der Waals surface area (Å²) in [4.78, 5) is 16.3. The van der Waals surface area contributed by atoms with Gasteiger partial charge >= 0.3 is 0 Å². The minimum Gasteiger partial charge on any atom is -0.368 e. The normalized spacial score (nSPS) is 26.0. The zero-order valence-electron chi connectivity index (χ0n) is 8.66. The Morgan fingerprint density at radius 2 is 2.23 bits per heavy atom. The second-order valence-electron chi connectivity index (χ2n) is 4.19. The number of hydroxylamine groups is 2. The molecule has 0 aliphatic carbocycles. The van der Waals surface area contributed by atoms with E-state index in [4.69, 9.17) is 9.57 Å². The van der Waals surface area contributed by atoms with Gasteiger partial charge in [-0.3, -0.25) is 9.63 Å². The molecule has 4 heteroatoms. The second kappa shape index (κ2) is 3.64. The van der Waals surface area contributed by atoms with E-state index < -0.39 is 0 Å². The van der Waals surface area contributed by atoms with Crippen LogP contribution in [0.3, 0.4) is 0 Å². The van der Waals surface area contributed by atoms with Gasteiger partial charge in [0.15, 0.2) is 0 Å².